The van der Waals surface area contributed by atoms with Crippen molar-refractivity contribution in [2.24, 2.45) is 7.05 Å². The normalized spacial score (nSPS) is 11.9. The Balaban J connectivity index is 0.00000506. The van der Waals surface area contributed by atoms with E-state index in [1.165, 1.54) is 32.6 Å². The third-order valence-electron chi connectivity index (χ3n) is 6.13. The van der Waals surface area contributed by atoms with E-state index in [0.29, 0.717) is 42.8 Å². The molecule has 4 aromatic rings. The van der Waals surface area contributed by atoms with Crippen LogP contribution < -0.4 is 27.6 Å². The molecule has 0 saturated heterocycles. The SMILES string of the molecule is Cn1c(C(F)(F)F)nc([N+](=O)[O-])c1C[N+](C)(C)C(=O)/C=C/CNc1cc2c(Nc3ccc(Cl)c(Cl)c3)ncnc2cn1.[Br-]. The Bertz CT molecular complexity index is 1710. The average molecular weight is 705 g/mol. The lowest BCUT2D eigenvalue weighted by molar-refractivity contribution is -0.825. The van der Waals surface area contributed by atoms with Crippen LogP contribution in [0.1, 0.15) is 11.5 Å². The van der Waals surface area contributed by atoms with E-state index in [9.17, 15) is 28.1 Å². The molecule has 3 aromatic heterocycles. The van der Waals surface area contributed by atoms with Crippen LogP contribution in [0, 0.1) is 10.1 Å². The summed E-state index contributed by atoms with van der Waals surface area (Å²) in [6.07, 6.45) is 0.776. The summed E-state index contributed by atoms with van der Waals surface area (Å²) < 4.78 is 39.9. The van der Waals surface area contributed by atoms with Crippen molar-refractivity contribution in [3.8, 4) is 0 Å². The molecule has 18 heteroatoms. The summed E-state index contributed by atoms with van der Waals surface area (Å²) in [6.45, 7) is -0.231. The number of aromatic nitrogens is 5. The number of nitrogens with one attached hydrogen (secondary N) is 2. The molecule has 0 atom stereocenters. The number of fused-ring (bicyclic) bond motifs is 1. The lowest BCUT2D eigenvalue weighted by Crippen LogP contribution is -3.00. The summed E-state index contributed by atoms with van der Waals surface area (Å²) in [4.78, 5) is 39.2. The molecule has 0 spiro atoms. The zero-order chi connectivity index (χ0) is 30.8. The second-order valence-corrected chi connectivity index (χ2v) is 10.4. The van der Waals surface area contributed by atoms with Gasteiger partial charge in [0.25, 0.3) is 0 Å². The highest BCUT2D eigenvalue weighted by molar-refractivity contribution is 6.42. The van der Waals surface area contributed by atoms with Gasteiger partial charge in [-0.2, -0.15) is 13.2 Å². The number of halogens is 6. The van der Waals surface area contributed by atoms with E-state index in [1.807, 2.05) is 0 Å². The van der Waals surface area contributed by atoms with Crippen molar-refractivity contribution >= 4 is 63.2 Å². The first-order valence-electron chi connectivity index (χ1n) is 12.1. The van der Waals surface area contributed by atoms with E-state index in [4.69, 9.17) is 23.2 Å². The van der Waals surface area contributed by atoms with Crippen molar-refractivity contribution in [1.29, 1.82) is 0 Å². The quantitative estimate of drug-likeness (QED) is 0.116. The van der Waals surface area contributed by atoms with E-state index >= 15 is 0 Å². The summed E-state index contributed by atoms with van der Waals surface area (Å²) in [5.41, 5.74) is 0.898. The maximum Gasteiger partial charge on any atom is 0.475 e. The number of likely N-dealkylation sites (N-methyl/N-ethyl adjacent to an activating group) is 1. The zero-order valence-corrected chi connectivity index (χ0v) is 25.8. The van der Waals surface area contributed by atoms with Crippen molar-refractivity contribution in [1.82, 2.24) is 24.5 Å². The molecule has 0 aliphatic carbocycles. The van der Waals surface area contributed by atoms with Crippen LogP contribution in [-0.4, -0.2) is 60.5 Å². The summed E-state index contributed by atoms with van der Waals surface area (Å²) in [5.74, 6) is -1.93. The molecule has 0 unspecified atom stereocenters. The van der Waals surface area contributed by atoms with Gasteiger partial charge < -0.3 is 37.7 Å². The van der Waals surface area contributed by atoms with Gasteiger partial charge in [-0.1, -0.05) is 29.3 Å². The number of imidazole rings is 1. The van der Waals surface area contributed by atoms with Crippen LogP contribution >= 0.6 is 23.2 Å². The molecule has 0 aliphatic heterocycles. The van der Waals surface area contributed by atoms with Gasteiger partial charge >= 0.3 is 23.7 Å². The fourth-order valence-electron chi connectivity index (χ4n) is 3.94. The minimum Gasteiger partial charge on any atom is -1.00 e. The molecule has 2 N–H and O–H groups in total. The number of nitrogens with zero attached hydrogens (tertiary/aromatic N) is 7. The maximum atomic E-state index is 13.3. The Morgan fingerprint density at radius 2 is 1.88 bits per heavy atom. The van der Waals surface area contributed by atoms with Gasteiger partial charge in [0.15, 0.2) is 5.69 Å². The fraction of sp³-hybridized carbons (Fsp3) is 0.240. The number of benzene rings is 1. The number of quaternary nitrogens is 1. The van der Waals surface area contributed by atoms with Crippen molar-refractivity contribution in [3.05, 3.63) is 80.6 Å². The summed E-state index contributed by atoms with van der Waals surface area (Å²) in [5, 5.41) is 19.0. The molecule has 0 bridgehead atoms. The smallest absolute Gasteiger partial charge is 0.475 e. The van der Waals surface area contributed by atoms with Crippen LogP contribution in [0.25, 0.3) is 10.9 Å². The van der Waals surface area contributed by atoms with Gasteiger partial charge in [-0.05, 0) is 34.2 Å². The number of alkyl halides is 3. The molecule has 1 aromatic carbocycles. The lowest BCUT2D eigenvalue weighted by Gasteiger charge is -2.25. The van der Waals surface area contributed by atoms with E-state index in [-0.39, 0.29) is 29.2 Å². The minimum atomic E-state index is -4.90. The van der Waals surface area contributed by atoms with Gasteiger partial charge in [0.2, 0.25) is 0 Å². The number of hydrogen-bond acceptors (Lipinski definition) is 9. The summed E-state index contributed by atoms with van der Waals surface area (Å²) in [7, 11) is 3.88. The van der Waals surface area contributed by atoms with E-state index in [2.05, 4.69) is 30.6 Å². The third kappa shape index (κ3) is 7.76. The Morgan fingerprint density at radius 3 is 2.53 bits per heavy atom. The molecular weight excluding hydrogens is 682 g/mol. The number of hydrogen-bond donors (Lipinski definition) is 2. The number of carbonyl (C=O) groups excluding carboxylic acids is 1. The zero-order valence-electron chi connectivity index (χ0n) is 22.7. The van der Waals surface area contributed by atoms with E-state index in [1.54, 1.807) is 30.5 Å². The topological polar surface area (TPSA) is 141 Å². The molecule has 0 aliphatic rings. The molecule has 0 fully saturated rings. The minimum absolute atomic E-state index is 0. The van der Waals surface area contributed by atoms with Crippen LogP contribution in [0.3, 0.4) is 0 Å². The van der Waals surface area contributed by atoms with Gasteiger partial charge in [-0.3, -0.25) is 9.05 Å². The van der Waals surface area contributed by atoms with E-state index < -0.39 is 39.7 Å². The standard InChI is InChI=1S/C25H23Cl2F3N9O3.BrH/c1-37-19(23(38(41)42)36-24(37)25(28,29)30)12-39(2,3)21(40)5-4-8-31-20-10-15-18(11-32-20)33-13-34-22(15)35-14-6-7-16(26)17(27)9-14;/h4-7,9-11,13H,8,12H2,1-3H3,(H,31,32)(H,33,34,35);1H/q+1;/p-1/b5-4+;. The Kier molecular flexibility index (Phi) is 10.3. The van der Waals surface area contributed by atoms with Crippen LogP contribution in [-0.2, 0) is 24.6 Å². The van der Waals surface area contributed by atoms with Crippen molar-refractivity contribution < 1.29 is 44.4 Å². The van der Waals surface area contributed by atoms with Crippen LogP contribution in [0.15, 0.2) is 48.9 Å². The molecule has 4 rings (SSSR count). The second kappa shape index (κ2) is 13.2. The molecular formula is C25H23BrCl2F3N9O3. The van der Waals surface area contributed by atoms with Gasteiger partial charge in [0, 0.05) is 30.7 Å². The highest BCUT2D eigenvalue weighted by atomic mass is 79.9. The molecule has 1 amide bonds. The van der Waals surface area contributed by atoms with Crippen LogP contribution in [0.2, 0.25) is 10.0 Å². The van der Waals surface area contributed by atoms with Gasteiger partial charge in [-0.15, -0.1) is 0 Å². The van der Waals surface area contributed by atoms with Crippen LogP contribution in [0.4, 0.5) is 36.3 Å². The Morgan fingerprint density at radius 1 is 1.16 bits per heavy atom. The van der Waals surface area contributed by atoms with Gasteiger partial charge in [-0.25, -0.2) is 19.7 Å². The first-order valence-corrected chi connectivity index (χ1v) is 12.8. The first kappa shape index (κ1) is 33.6. The number of amides is 1. The van der Waals surface area contributed by atoms with Crippen molar-refractivity contribution in [2.45, 2.75) is 12.7 Å². The lowest BCUT2D eigenvalue weighted by atomic mass is 10.2. The summed E-state index contributed by atoms with van der Waals surface area (Å²) in [6, 6.07) is 6.76. The molecule has 0 saturated carbocycles. The van der Waals surface area contributed by atoms with Gasteiger partial charge in [0.1, 0.15) is 24.5 Å². The summed E-state index contributed by atoms with van der Waals surface area (Å²) >= 11 is 12.1. The molecule has 3 heterocycles. The van der Waals surface area contributed by atoms with Crippen LogP contribution in [0.5, 0.6) is 0 Å². The number of anilines is 3. The third-order valence-corrected chi connectivity index (χ3v) is 6.87. The number of rotatable bonds is 9. The largest absolute Gasteiger partial charge is 1.00 e. The monoisotopic (exact) mass is 703 g/mol. The number of nitro groups is 1. The first-order chi connectivity index (χ1) is 19.7. The Hall–Kier alpha value is -3.86. The highest BCUT2D eigenvalue weighted by Crippen LogP contribution is 2.33. The van der Waals surface area contributed by atoms with Gasteiger partial charge in [0.05, 0.1) is 35.9 Å². The predicted octanol–water partition coefficient (Wildman–Crippen LogP) is 2.51. The molecule has 43 heavy (non-hydrogen) atoms. The van der Waals surface area contributed by atoms with Crippen molar-refractivity contribution in [3.63, 3.8) is 0 Å². The number of carbonyl (C=O) groups is 1. The van der Waals surface area contributed by atoms with E-state index in [0.717, 1.165) is 7.05 Å². The second-order valence-electron chi connectivity index (χ2n) is 9.55. The molecule has 228 valence electrons. The maximum absolute atomic E-state index is 13.3. The molecule has 0 radical (unpaired) electrons. The fourth-order valence-corrected chi connectivity index (χ4v) is 4.24. The average Bonchev–Trinajstić information content (AvgIpc) is 3.24. The number of pyridine rings is 1. The van der Waals surface area contributed by atoms with Crippen molar-refractivity contribution in [2.75, 3.05) is 31.3 Å². The highest BCUT2D eigenvalue weighted by Gasteiger charge is 2.46. The Labute approximate surface area is 263 Å². The predicted molar refractivity (Wildman–Crippen MR) is 150 cm³/mol. The molecule has 12 nitrogen and oxygen atoms in total.